The molecule has 2 aromatic heterocycles. The van der Waals surface area contributed by atoms with Crippen LogP contribution in [0.25, 0.3) is 34.0 Å². The van der Waals surface area contributed by atoms with Crippen LogP contribution in [-0.2, 0) is 41.8 Å². The molecule has 1 aliphatic carbocycles. The first-order valence-electron chi connectivity index (χ1n) is 14.7. The summed E-state index contributed by atoms with van der Waals surface area (Å²) in [7, 11) is 0. The fraction of sp³-hybridized carbons (Fsp3) is 0.459. The molecule has 0 amide bonds. The summed E-state index contributed by atoms with van der Waals surface area (Å²) in [6.07, 6.45) is 1.88. The van der Waals surface area contributed by atoms with E-state index in [0.29, 0.717) is 11.6 Å². The molecule has 0 fully saturated rings. The maximum atomic E-state index is 4.91. The second-order valence-electron chi connectivity index (χ2n) is 15.4. The van der Waals surface area contributed by atoms with Gasteiger partial charge in [0.1, 0.15) is 5.82 Å². The van der Waals surface area contributed by atoms with E-state index in [2.05, 4.69) is 138 Å². The van der Waals surface area contributed by atoms with Gasteiger partial charge in [0.2, 0.25) is 0 Å². The van der Waals surface area contributed by atoms with Crippen LogP contribution in [0.1, 0.15) is 106 Å². The first-order chi connectivity index (χ1) is 18.8. The van der Waals surface area contributed by atoms with Crippen LogP contribution in [0, 0.1) is 11.5 Å². The Bertz CT molecular complexity index is 1600. The van der Waals surface area contributed by atoms with Crippen molar-refractivity contribution in [1.29, 1.82) is 0 Å². The maximum Gasteiger partial charge on any atom is 0.165 e. The van der Waals surface area contributed by atoms with Gasteiger partial charge in [0.05, 0.1) is 0 Å². The summed E-state index contributed by atoms with van der Waals surface area (Å²) < 4.78 is 0. The zero-order valence-electron chi connectivity index (χ0n) is 27.3. The van der Waals surface area contributed by atoms with Crippen molar-refractivity contribution in [1.82, 2.24) is 19.9 Å². The van der Waals surface area contributed by atoms with Crippen LogP contribution in [0.15, 0.2) is 54.7 Å². The Morgan fingerprint density at radius 2 is 1.19 bits per heavy atom. The summed E-state index contributed by atoms with van der Waals surface area (Å²) >= 11 is 0. The number of nitrogens with zero attached hydrogens (tertiary/aromatic N) is 4. The van der Waals surface area contributed by atoms with E-state index >= 15 is 0 Å². The zero-order chi connectivity index (χ0) is 30.2. The number of rotatable bonds is 3. The predicted octanol–water partition coefficient (Wildman–Crippen LogP) is 9.26. The summed E-state index contributed by atoms with van der Waals surface area (Å²) in [5, 5.41) is 0. The van der Waals surface area contributed by atoms with Crippen molar-refractivity contribution in [2.75, 3.05) is 0 Å². The first-order valence-corrected chi connectivity index (χ1v) is 14.7. The van der Waals surface area contributed by atoms with E-state index < -0.39 is 0 Å². The molecule has 223 valence electrons. The third kappa shape index (κ3) is 5.28. The van der Waals surface area contributed by atoms with Gasteiger partial charge in [-0.1, -0.05) is 119 Å². The molecular weight excluding hydrogens is 693 g/mol. The molecule has 0 saturated heterocycles. The minimum absolute atomic E-state index is 0. The normalized spacial score (nSPS) is 17.0. The molecule has 0 spiro atoms. The number of fused-ring (bicyclic) bond motifs is 1. The zero-order valence-corrected chi connectivity index (χ0v) is 29.7. The third-order valence-electron chi connectivity index (χ3n) is 10.0. The summed E-state index contributed by atoms with van der Waals surface area (Å²) in [6.45, 7) is 27.3. The van der Waals surface area contributed by atoms with Crippen molar-refractivity contribution in [2.45, 2.75) is 105 Å². The van der Waals surface area contributed by atoms with Gasteiger partial charge in [0.15, 0.2) is 11.6 Å². The van der Waals surface area contributed by atoms with Crippen LogP contribution in [0.2, 0.25) is 0 Å². The Balaban J connectivity index is 0.00000405. The van der Waals surface area contributed by atoms with Gasteiger partial charge >= 0.3 is 0 Å². The molecule has 2 heterocycles. The molecule has 0 N–H and O–H groups in total. The van der Waals surface area contributed by atoms with Crippen molar-refractivity contribution in [3.05, 3.63) is 83.3 Å². The van der Waals surface area contributed by atoms with Gasteiger partial charge in [-0.3, -0.25) is 0 Å². The second kappa shape index (κ2) is 10.5. The molecule has 5 rings (SSSR count). The molecule has 0 saturated carbocycles. The van der Waals surface area contributed by atoms with Gasteiger partial charge in [-0.05, 0) is 32.9 Å². The molecule has 4 nitrogen and oxygen atoms in total. The van der Waals surface area contributed by atoms with Crippen molar-refractivity contribution in [3.8, 4) is 34.0 Å². The van der Waals surface area contributed by atoms with Crippen molar-refractivity contribution >= 4 is 0 Å². The van der Waals surface area contributed by atoms with Gasteiger partial charge < -0.3 is 4.98 Å². The van der Waals surface area contributed by atoms with E-state index in [9.17, 15) is 0 Å². The summed E-state index contributed by atoms with van der Waals surface area (Å²) in [5.74, 6) is 2.09. The van der Waals surface area contributed by atoms with Crippen LogP contribution < -0.4 is 0 Å². The average molecular weight is 738 g/mol. The SMILES string of the molecule is CC(C)(C)c1ccc(-c2nc(-c3ccc(-c4[c-]cc5c(c4)C(C)(C)C(C)(C)C5(C)C)nc3)nc(C(C)(C)C)n2)cc1.[Ir]. The van der Waals surface area contributed by atoms with Gasteiger partial charge in [-0.15, -0.1) is 34.9 Å². The molecule has 5 heteroatoms. The first kappa shape index (κ1) is 32.2. The number of hydrogen-bond donors (Lipinski definition) is 0. The summed E-state index contributed by atoms with van der Waals surface area (Å²) in [4.78, 5) is 19.6. The monoisotopic (exact) mass is 738 g/mol. The number of pyridine rings is 1. The fourth-order valence-electron chi connectivity index (χ4n) is 5.90. The maximum absolute atomic E-state index is 4.91. The van der Waals surface area contributed by atoms with Gasteiger partial charge in [-0.25, -0.2) is 15.0 Å². The topological polar surface area (TPSA) is 51.6 Å². The van der Waals surface area contributed by atoms with Crippen molar-refractivity contribution in [3.63, 3.8) is 0 Å². The summed E-state index contributed by atoms with van der Waals surface area (Å²) in [6, 6.07) is 20.7. The molecular formula is C37H45IrN4-. The Labute approximate surface area is 266 Å². The molecule has 1 radical (unpaired) electrons. The Morgan fingerprint density at radius 3 is 1.71 bits per heavy atom. The van der Waals surface area contributed by atoms with Crippen LogP contribution in [0.3, 0.4) is 0 Å². The number of hydrogen-bond acceptors (Lipinski definition) is 4. The van der Waals surface area contributed by atoms with E-state index in [0.717, 1.165) is 28.2 Å². The molecule has 2 aromatic carbocycles. The summed E-state index contributed by atoms with van der Waals surface area (Å²) in [5.41, 5.74) is 7.90. The molecule has 0 unspecified atom stereocenters. The fourth-order valence-corrected chi connectivity index (χ4v) is 5.90. The molecule has 1 aliphatic rings. The molecule has 0 aliphatic heterocycles. The van der Waals surface area contributed by atoms with E-state index in [-0.39, 0.29) is 47.2 Å². The Hall–Kier alpha value is -2.75. The molecule has 0 atom stereocenters. The number of benzene rings is 2. The van der Waals surface area contributed by atoms with Crippen LogP contribution in [0.5, 0.6) is 0 Å². The van der Waals surface area contributed by atoms with Crippen LogP contribution in [0.4, 0.5) is 0 Å². The van der Waals surface area contributed by atoms with E-state index in [1.807, 2.05) is 6.20 Å². The van der Waals surface area contributed by atoms with Gasteiger partial charge in [0, 0.05) is 42.8 Å². The molecule has 4 aromatic rings. The van der Waals surface area contributed by atoms with Crippen LogP contribution >= 0.6 is 0 Å². The standard InChI is InChI=1S/C37H45N4.Ir/c1-33(2,3)26-17-13-23(14-18-26)30-39-31(41-32(40-30)34(4,5)6)25-16-20-29(38-22-25)24-15-19-27-28(21-24)36(9,10)37(11,12)35(27,7)8;/h13-14,16-22H,1-12H3;/q-1;. The third-order valence-corrected chi connectivity index (χ3v) is 10.0. The quantitative estimate of drug-likeness (QED) is 0.197. The largest absolute Gasteiger partial charge is 0.304 e. The predicted molar refractivity (Wildman–Crippen MR) is 170 cm³/mol. The van der Waals surface area contributed by atoms with E-state index in [1.165, 1.54) is 16.7 Å². The molecule has 42 heavy (non-hydrogen) atoms. The van der Waals surface area contributed by atoms with E-state index in [1.54, 1.807) is 0 Å². The van der Waals surface area contributed by atoms with Crippen molar-refractivity contribution < 1.29 is 20.1 Å². The Morgan fingerprint density at radius 1 is 0.643 bits per heavy atom. The minimum Gasteiger partial charge on any atom is -0.304 e. The smallest absolute Gasteiger partial charge is 0.165 e. The minimum atomic E-state index is -0.223. The Kier molecular flexibility index (Phi) is 8.01. The van der Waals surface area contributed by atoms with Gasteiger partial charge in [-0.2, -0.15) is 0 Å². The number of aromatic nitrogens is 4. The van der Waals surface area contributed by atoms with Gasteiger partial charge in [0.25, 0.3) is 0 Å². The van der Waals surface area contributed by atoms with E-state index in [4.69, 9.17) is 19.9 Å². The van der Waals surface area contributed by atoms with Crippen LogP contribution in [-0.4, -0.2) is 19.9 Å². The second-order valence-corrected chi connectivity index (χ2v) is 15.4. The average Bonchev–Trinajstić information content (AvgIpc) is 3.01. The van der Waals surface area contributed by atoms with Crippen molar-refractivity contribution in [2.24, 2.45) is 5.41 Å². The molecule has 0 bridgehead atoms.